The molecular formula is C15H17ClN2O. The maximum Gasteiger partial charge on any atom is 0.146 e. The standard InChI is InChI=1S/C15H17ClN2O/c1-11(2)18-9-12-6-15(10-17-8-12)19-14-5-3-4-13(16)7-14/h3-8,10-11,18H,9H2,1-2H3. The molecule has 0 spiro atoms. The lowest BCUT2D eigenvalue weighted by Crippen LogP contribution is -2.21. The Morgan fingerprint density at radius 1 is 1.21 bits per heavy atom. The van der Waals surface area contributed by atoms with E-state index in [4.69, 9.17) is 16.3 Å². The van der Waals surface area contributed by atoms with Crippen LogP contribution in [-0.2, 0) is 6.54 Å². The number of pyridine rings is 1. The molecule has 0 aliphatic carbocycles. The average Bonchev–Trinajstić information content (AvgIpc) is 2.37. The number of benzene rings is 1. The van der Waals surface area contributed by atoms with Crippen molar-refractivity contribution in [3.05, 3.63) is 53.3 Å². The van der Waals surface area contributed by atoms with Gasteiger partial charge in [-0.25, -0.2) is 0 Å². The summed E-state index contributed by atoms with van der Waals surface area (Å²) in [6.07, 6.45) is 3.53. The molecule has 1 heterocycles. The molecule has 0 aliphatic heterocycles. The Balaban J connectivity index is 2.06. The summed E-state index contributed by atoms with van der Waals surface area (Å²) >= 11 is 5.92. The first-order chi connectivity index (χ1) is 9.13. The number of rotatable bonds is 5. The second kappa shape index (κ2) is 6.55. The van der Waals surface area contributed by atoms with Crippen molar-refractivity contribution in [1.29, 1.82) is 0 Å². The largest absolute Gasteiger partial charge is 0.456 e. The molecule has 0 fully saturated rings. The van der Waals surface area contributed by atoms with Crippen molar-refractivity contribution in [1.82, 2.24) is 10.3 Å². The minimum atomic E-state index is 0.442. The molecule has 3 nitrogen and oxygen atoms in total. The van der Waals surface area contributed by atoms with Crippen molar-refractivity contribution < 1.29 is 4.74 Å². The lowest BCUT2D eigenvalue weighted by molar-refractivity contribution is 0.478. The van der Waals surface area contributed by atoms with Crippen molar-refractivity contribution in [3.8, 4) is 11.5 Å². The molecule has 0 radical (unpaired) electrons. The quantitative estimate of drug-likeness (QED) is 0.895. The zero-order chi connectivity index (χ0) is 13.7. The first-order valence-electron chi connectivity index (χ1n) is 6.24. The zero-order valence-electron chi connectivity index (χ0n) is 11.1. The monoisotopic (exact) mass is 276 g/mol. The number of nitrogens with zero attached hydrogens (tertiary/aromatic N) is 1. The molecule has 0 saturated heterocycles. The minimum absolute atomic E-state index is 0.442. The molecule has 2 aromatic rings. The molecule has 0 amide bonds. The number of nitrogens with one attached hydrogen (secondary N) is 1. The average molecular weight is 277 g/mol. The van der Waals surface area contributed by atoms with Gasteiger partial charge in [0.15, 0.2) is 0 Å². The highest BCUT2D eigenvalue weighted by molar-refractivity contribution is 6.30. The lowest BCUT2D eigenvalue weighted by Gasteiger charge is -2.10. The summed E-state index contributed by atoms with van der Waals surface area (Å²) in [6, 6.07) is 9.73. The molecule has 4 heteroatoms. The second-order valence-electron chi connectivity index (χ2n) is 4.62. The summed E-state index contributed by atoms with van der Waals surface area (Å²) in [4.78, 5) is 4.18. The number of hydrogen-bond acceptors (Lipinski definition) is 3. The van der Waals surface area contributed by atoms with Crippen LogP contribution in [0.1, 0.15) is 19.4 Å². The van der Waals surface area contributed by atoms with Crippen LogP contribution in [0.15, 0.2) is 42.7 Å². The van der Waals surface area contributed by atoms with Crippen LogP contribution in [0.5, 0.6) is 11.5 Å². The van der Waals surface area contributed by atoms with Crippen LogP contribution in [0.2, 0.25) is 5.02 Å². The Morgan fingerprint density at radius 3 is 2.79 bits per heavy atom. The van der Waals surface area contributed by atoms with E-state index in [1.165, 1.54) is 0 Å². The molecule has 0 saturated carbocycles. The third-order valence-electron chi connectivity index (χ3n) is 2.52. The molecule has 0 atom stereocenters. The fourth-order valence-electron chi connectivity index (χ4n) is 1.60. The van der Waals surface area contributed by atoms with Gasteiger partial charge in [0.05, 0.1) is 6.20 Å². The van der Waals surface area contributed by atoms with Crippen LogP contribution in [0.3, 0.4) is 0 Å². The van der Waals surface area contributed by atoms with Crippen LogP contribution >= 0.6 is 11.6 Å². The smallest absolute Gasteiger partial charge is 0.146 e. The van der Waals surface area contributed by atoms with Crippen LogP contribution < -0.4 is 10.1 Å². The van der Waals surface area contributed by atoms with E-state index in [1.807, 2.05) is 30.5 Å². The summed E-state index contributed by atoms with van der Waals surface area (Å²) in [5.41, 5.74) is 1.09. The van der Waals surface area contributed by atoms with Gasteiger partial charge in [0.2, 0.25) is 0 Å². The Kier molecular flexibility index (Phi) is 4.77. The summed E-state index contributed by atoms with van der Waals surface area (Å²) in [7, 11) is 0. The van der Waals surface area contributed by atoms with Crippen LogP contribution in [0.4, 0.5) is 0 Å². The fourth-order valence-corrected chi connectivity index (χ4v) is 1.79. The Morgan fingerprint density at radius 2 is 2.05 bits per heavy atom. The van der Waals surface area contributed by atoms with Gasteiger partial charge in [-0.15, -0.1) is 0 Å². The minimum Gasteiger partial charge on any atom is -0.456 e. The molecule has 2 rings (SSSR count). The van der Waals surface area contributed by atoms with E-state index in [9.17, 15) is 0 Å². The molecule has 1 N–H and O–H groups in total. The van der Waals surface area contributed by atoms with Gasteiger partial charge in [0.25, 0.3) is 0 Å². The predicted octanol–water partition coefficient (Wildman–Crippen LogP) is 4.03. The first kappa shape index (κ1) is 13.8. The van der Waals surface area contributed by atoms with Crippen LogP contribution in [0.25, 0.3) is 0 Å². The number of ether oxygens (including phenoxy) is 1. The summed E-state index contributed by atoms with van der Waals surface area (Å²) < 4.78 is 5.73. The van der Waals surface area contributed by atoms with Crippen molar-refractivity contribution in [3.63, 3.8) is 0 Å². The highest BCUT2D eigenvalue weighted by atomic mass is 35.5. The molecule has 0 aliphatic rings. The first-order valence-corrected chi connectivity index (χ1v) is 6.62. The van der Waals surface area contributed by atoms with Gasteiger partial charge in [-0.05, 0) is 29.8 Å². The predicted molar refractivity (Wildman–Crippen MR) is 77.7 cm³/mol. The maximum absolute atomic E-state index is 5.92. The molecule has 100 valence electrons. The van der Waals surface area contributed by atoms with Gasteiger partial charge >= 0.3 is 0 Å². The third kappa shape index (κ3) is 4.54. The number of aromatic nitrogens is 1. The van der Waals surface area contributed by atoms with Gasteiger partial charge in [-0.3, -0.25) is 4.98 Å². The van der Waals surface area contributed by atoms with Crippen molar-refractivity contribution >= 4 is 11.6 Å². The Hall–Kier alpha value is -1.58. The van der Waals surface area contributed by atoms with E-state index in [0.717, 1.165) is 12.1 Å². The molecule has 0 bridgehead atoms. The molecule has 1 aromatic heterocycles. The van der Waals surface area contributed by atoms with E-state index < -0.39 is 0 Å². The fraction of sp³-hybridized carbons (Fsp3) is 0.267. The summed E-state index contributed by atoms with van der Waals surface area (Å²) in [5, 5.41) is 4.00. The van der Waals surface area contributed by atoms with Crippen molar-refractivity contribution in [2.45, 2.75) is 26.4 Å². The van der Waals surface area contributed by atoms with Crippen molar-refractivity contribution in [2.24, 2.45) is 0 Å². The highest BCUT2D eigenvalue weighted by Gasteiger charge is 2.01. The van der Waals surface area contributed by atoms with E-state index >= 15 is 0 Å². The van der Waals surface area contributed by atoms with Gasteiger partial charge in [0.1, 0.15) is 11.5 Å². The van der Waals surface area contributed by atoms with Crippen LogP contribution in [0, 0.1) is 0 Å². The normalized spacial score (nSPS) is 10.7. The van der Waals surface area contributed by atoms with Gasteiger partial charge < -0.3 is 10.1 Å². The SMILES string of the molecule is CC(C)NCc1cncc(Oc2cccc(Cl)c2)c1. The Bertz CT molecular complexity index is 543. The molecule has 0 unspecified atom stereocenters. The molecule has 19 heavy (non-hydrogen) atoms. The summed E-state index contributed by atoms with van der Waals surface area (Å²) in [5.74, 6) is 1.42. The van der Waals surface area contributed by atoms with Gasteiger partial charge in [-0.2, -0.15) is 0 Å². The lowest BCUT2D eigenvalue weighted by atomic mass is 10.2. The van der Waals surface area contributed by atoms with E-state index in [0.29, 0.717) is 22.6 Å². The topological polar surface area (TPSA) is 34.2 Å². The third-order valence-corrected chi connectivity index (χ3v) is 2.75. The number of halogens is 1. The van der Waals surface area contributed by atoms with E-state index in [1.54, 1.807) is 12.3 Å². The highest BCUT2D eigenvalue weighted by Crippen LogP contribution is 2.24. The Labute approximate surface area is 118 Å². The summed E-state index contributed by atoms with van der Waals surface area (Å²) in [6.45, 7) is 5.00. The van der Waals surface area contributed by atoms with Gasteiger partial charge in [0, 0.05) is 23.8 Å². The van der Waals surface area contributed by atoms with E-state index in [-0.39, 0.29) is 0 Å². The zero-order valence-corrected chi connectivity index (χ0v) is 11.8. The van der Waals surface area contributed by atoms with Crippen molar-refractivity contribution in [2.75, 3.05) is 0 Å². The second-order valence-corrected chi connectivity index (χ2v) is 5.06. The molecule has 1 aromatic carbocycles. The van der Waals surface area contributed by atoms with E-state index in [2.05, 4.69) is 24.1 Å². The number of hydrogen-bond donors (Lipinski definition) is 1. The molecular weight excluding hydrogens is 260 g/mol. The van der Waals surface area contributed by atoms with Gasteiger partial charge in [-0.1, -0.05) is 31.5 Å². The van der Waals surface area contributed by atoms with Crippen LogP contribution in [-0.4, -0.2) is 11.0 Å². The maximum atomic E-state index is 5.92.